The third-order valence-corrected chi connectivity index (χ3v) is 2.43. The van der Waals surface area contributed by atoms with Crippen molar-refractivity contribution in [3.05, 3.63) is 36.4 Å². The summed E-state index contributed by atoms with van der Waals surface area (Å²) >= 11 is 0. The summed E-state index contributed by atoms with van der Waals surface area (Å²) in [5.41, 5.74) is 1.16. The molecular weight excluding hydrogens is 186 g/mol. The molecule has 0 aliphatic rings. The summed E-state index contributed by atoms with van der Waals surface area (Å²) in [7, 11) is 1.69. The number of anilines is 1. The van der Waals surface area contributed by atoms with Gasteiger partial charge in [0.05, 0.1) is 7.11 Å². The second-order valence-corrected chi connectivity index (χ2v) is 3.46. The third kappa shape index (κ3) is 2.04. The molecule has 15 heavy (non-hydrogen) atoms. The number of rotatable bonds is 3. The average Bonchev–Trinajstić information content (AvgIpc) is 2.29. The number of hydrogen-bond donors (Lipinski definition) is 1. The molecule has 0 saturated heterocycles. The first-order chi connectivity index (χ1) is 7.33. The molecule has 0 fully saturated rings. The molecule has 2 rings (SSSR count). The minimum Gasteiger partial charge on any atom is -0.497 e. The molecule has 0 radical (unpaired) electrons. The lowest BCUT2D eigenvalue weighted by Gasteiger charge is -2.06. The van der Waals surface area contributed by atoms with E-state index in [2.05, 4.69) is 36.5 Å². The van der Waals surface area contributed by atoms with E-state index in [1.807, 2.05) is 12.1 Å². The number of benzene rings is 2. The lowest BCUT2D eigenvalue weighted by atomic mass is 10.1. The molecular formula is C13H15NO. The molecule has 2 aromatic carbocycles. The summed E-state index contributed by atoms with van der Waals surface area (Å²) in [4.78, 5) is 0. The molecule has 78 valence electrons. The van der Waals surface area contributed by atoms with E-state index in [0.717, 1.165) is 18.0 Å². The Bertz CT molecular complexity index is 465. The quantitative estimate of drug-likeness (QED) is 0.822. The van der Waals surface area contributed by atoms with Gasteiger partial charge in [0.25, 0.3) is 0 Å². The molecule has 0 saturated carbocycles. The number of hydrogen-bond acceptors (Lipinski definition) is 2. The third-order valence-electron chi connectivity index (χ3n) is 2.43. The van der Waals surface area contributed by atoms with E-state index < -0.39 is 0 Å². The maximum Gasteiger partial charge on any atom is 0.119 e. The highest BCUT2D eigenvalue weighted by molar-refractivity contribution is 5.86. The topological polar surface area (TPSA) is 21.3 Å². The monoisotopic (exact) mass is 201 g/mol. The van der Waals surface area contributed by atoms with Crippen LogP contribution in [0.2, 0.25) is 0 Å². The zero-order chi connectivity index (χ0) is 10.7. The van der Waals surface area contributed by atoms with Crippen molar-refractivity contribution in [3.63, 3.8) is 0 Å². The highest BCUT2D eigenvalue weighted by Gasteiger charge is 1.97. The number of methoxy groups -OCH3 is 1. The van der Waals surface area contributed by atoms with Gasteiger partial charge < -0.3 is 10.1 Å². The van der Waals surface area contributed by atoms with Crippen LogP contribution in [-0.4, -0.2) is 13.7 Å². The fraction of sp³-hybridized carbons (Fsp3) is 0.231. The smallest absolute Gasteiger partial charge is 0.119 e. The van der Waals surface area contributed by atoms with Gasteiger partial charge in [-0.05, 0) is 42.0 Å². The molecule has 0 spiro atoms. The van der Waals surface area contributed by atoms with Crippen molar-refractivity contribution in [1.82, 2.24) is 0 Å². The summed E-state index contributed by atoms with van der Waals surface area (Å²) < 4.78 is 5.18. The standard InChI is InChI=1S/C13H15NO/c1-3-14-12-6-4-11-9-13(15-2)7-5-10(11)8-12/h4-9,14H,3H2,1-2H3. The average molecular weight is 201 g/mol. The first kappa shape index (κ1) is 9.84. The molecule has 0 aliphatic carbocycles. The zero-order valence-corrected chi connectivity index (χ0v) is 9.08. The van der Waals surface area contributed by atoms with Crippen LogP contribution in [0.3, 0.4) is 0 Å². The molecule has 0 unspecified atom stereocenters. The minimum absolute atomic E-state index is 0.902. The summed E-state index contributed by atoms with van der Waals surface area (Å²) in [5.74, 6) is 0.902. The fourth-order valence-corrected chi connectivity index (χ4v) is 1.66. The second-order valence-electron chi connectivity index (χ2n) is 3.46. The summed E-state index contributed by atoms with van der Waals surface area (Å²) in [5, 5.41) is 5.73. The Kier molecular flexibility index (Phi) is 2.77. The van der Waals surface area contributed by atoms with Crippen LogP contribution in [0.25, 0.3) is 10.8 Å². The van der Waals surface area contributed by atoms with Gasteiger partial charge in [0.1, 0.15) is 5.75 Å². The molecule has 1 N–H and O–H groups in total. The van der Waals surface area contributed by atoms with Crippen molar-refractivity contribution < 1.29 is 4.74 Å². The molecule has 2 aromatic rings. The van der Waals surface area contributed by atoms with Crippen molar-refractivity contribution in [1.29, 1.82) is 0 Å². The molecule has 0 aromatic heterocycles. The Labute approximate surface area is 89.9 Å². The Balaban J connectivity index is 2.45. The van der Waals surface area contributed by atoms with Gasteiger partial charge in [0, 0.05) is 12.2 Å². The first-order valence-corrected chi connectivity index (χ1v) is 5.15. The SMILES string of the molecule is CCNc1ccc2cc(OC)ccc2c1. The maximum atomic E-state index is 5.18. The van der Waals surface area contributed by atoms with Gasteiger partial charge in [-0.1, -0.05) is 12.1 Å². The van der Waals surface area contributed by atoms with Crippen LogP contribution in [0.4, 0.5) is 5.69 Å². The Hall–Kier alpha value is -1.70. The number of fused-ring (bicyclic) bond motifs is 1. The summed E-state index contributed by atoms with van der Waals surface area (Å²) in [6, 6.07) is 12.5. The minimum atomic E-state index is 0.902. The van der Waals surface area contributed by atoms with E-state index in [9.17, 15) is 0 Å². The largest absolute Gasteiger partial charge is 0.497 e. The van der Waals surface area contributed by atoms with Crippen LogP contribution >= 0.6 is 0 Å². The molecule has 2 nitrogen and oxygen atoms in total. The predicted molar refractivity (Wildman–Crippen MR) is 64.7 cm³/mol. The normalized spacial score (nSPS) is 10.3. The summed E-state index contributed by atoms with van der Waals surface area (Å²) in [6.45, 7) is 3.04. The van der Waals surface area contributed by atoms with Gasteiger partial charge >= 0.3 is 0 Å². The highest BCUT2D eigenvalue weighted by atomic mass is 16.5. The van der Waals surface area contributed by atoms with Gasteiger partial charge in [0.15, 0.2) is 0 Å². The van der Waals surface area contributed by atoms with Gasteiger partial charge in [-0.3, -0.25) is 0 Å². The van der Waals surface area contributed by atoms with Gasteiger partial charge in [-0.15, -0.1) is 0 Å². The fourth-order valence-electron chi connectivity index (χ4n) is 1.66. The van der Waals surface area contributed by atoms with E-state index in [0.29, 0.717) is 0 Å². The van der Waals surface area contributed by atoms with Crippen LogP contribution in [0.15, 0.2) is 36.4 Å². The molecule has 2 heteroatoms. The summed E-state index contributed by atoms with van der Waals surface area (Å²) in [6.07, 6.45) is 0. The molecule has 0 atom stereocenters. The molecule has 0 bridgehead atoms. The first-order valence-electron chi connectivity index (χ1n) is 5.15. The molecule has 0 heterocycles. The lowest BCUT2D eigenvalue weighted by Crippen LogP contribution is -1.95. The van der Waals surface area contributed by atoms with Crippen molar-refractivity contribution in [2.24, 2.45) is 0 Å². The van der Waals surface area contributed by atoms with E-state index >= 15 is 0 Å². The zero-order valence-electron chi connectivity index (χ0n) is 9.08. The second kappa shape index (κ2) is 4.22. The van der Waals surface area contributed by atoms with E-state index in [4.69, 9.17) is 4.74 Å². The number of nitrogens with one attached hydrogen (secondary N) is 1. The van der Waals surface area contributed by atoms with E-state index in [1.165, 1.54) is 10.8 Å². The van der Waals surface area contributed by atoms with Crippen molar-refractivity contribution in [3.8, 4) is 5.75 Å². The lowest BCUT2D eigenvalue weighted by molar-refractivity contribution is 0.415. The van der Waals surface area contributed by atoms with Crippen LogP contribution in [0.1, 0.15) is 6.92 Å². The highest BCUT2D eigenvalue weighted by Crippen LogP contribution is 2.23. The van der Waals surface area contributed by atoms with Gasteiger partial charge in [0.2, 0.25) is 0 Å². The number of ether oxygens (including phenoxy) is 1. The van der Waals surface area contributed by atoms with Crippen LogP contribution in [0, 0.1) is 0 Å². The van der Waals surface area contributed by atoms with Crippen molar-refractivity contribution in [2.75, 3.05) is 19.0 Å². The Morgan fingerprint density at radius 1 is 1.07 bits per heavy atom. The van der Waals surface area contributed by atoms with E-state index in [-0.39, 0.29) is 0 Å². The molecule has 0 aliphatic heterocycles. The van der Waals surface area contributed by atoms with Crippen molar-refractivity contribution >= 4 is 16.5 Å². The predicted octanol–water partition coefficient (Wildman–Crippen LogP) is 3.28. The van der Waals surface area contributed by atoms with Crippen molar-refractivity contribution in [2.45, 2.75) is 6.92 Å². The molecule has 0 amide bonds. The van der Waals surface area contributed by atoms with E-state index in [1.54, 1.807) is 7.11 Å². The van der Waals surface area contributed by atoms with Gasteiger partial charge in [-0.25, -0.2) is 0 Å². The maximum absolute atomic E-state index is 5.18. The van der Waals surface area contributed by atoms with Crippen LogP contribution in [-0.2, 0) is 0 Å². The Morgan fingerprint density at radius 2 is 1.80 bits per heavy atom. The van der Waals surface area contributed by atoms with Crippen LogP contribution < -0.4 is 10.1 Å². The van der Waals surface area contributed by atoms with Crippen LogP contribution in [0.5, 0.6) is 5.75 Å². The van der Waals surface area contributed by atoms with Gasteiger partial charge in [-0.2, -0.15) is 0 Å². The Morgan fingerprint density at radius 3 is 2.53 bits per heavy atom.